The van der Waals surface area contributed by atoms with Gasteiger partial charge in [0, 0.05) is 10.6 Å². The molecule has 0 atom stereocenters. The minimum Gasteiger partial charge on any atom is -0.385 e. The molecule has 0 radical (unpaired) electrons. The molecule has 0 aliphatic carbocycles. The fourth-order valence-corrected chi connectivity index (χ4v) is 1.62. The lowest BCUT2D eigenvalue weighted by molar-refractivity contribution is -0.137. The summed E-state index contributed by atoms with van der Waals surface area (Å²) in [4.78, 5) is 4.85. The van der Waals surface area contributed by atoms with E-state index in [0.29, 0.717) is 0 Å². The van der Waals surface area contributed by atoms with Crippen LogP contribution < -0.4 is 0 Å². The first-order valence-electron chi connectivity index (χ1n) is 4.89. The Balaban J connectivity index is 3.12. The van der Waals surface area contributed by atoms with Crippen LogP contribution in [0.5, 0.6) is 0 Å². The van der Waals surface area contributed by atoms with Gasteiger partial charge in [-0.1, -0.05) is 22.8 Å². The molecule has 0 fully saturated rings. The molecule has 1 aromatic rings. The highest BCUT2D eigenvalue weighted by molar-refractivity contribution is 7.98. The van der Waals surface area contributed by atoms with Crippen molar-refractivity contribution in [3.63, 3.8) is 0 Å². The quantitative estimate of drug-likeness (QED) is 0.355. The number of nitrogens with zero attached hydrogens (tertiary/aromatic N) is 1. The van der Waals surface area contributed by atoms with Gasteiger partial charge in [0.15, 0.2) is 5.94 Å². The second-order valence-corrected chi connectivity index (χ2v) is 4.65. The monoisotopic (exact) mass is 297 g/mol. The molecular formula is C11H11ClF3NOS. The number of hydrogen-bond acceptors (Lipinski definition) is 3. The molecule has 0 spiro atoms. The molecular weight excluding hydrogens is 287 g/mol. The molecule has 1 aromatic carbocycles. The molecule has 0 amide bonds. The summed E-state index contributed by atoms with van der Waals surface area (Å²) >= 11 is 6.96. The van der Waals surface area contributed by atoms with Gasteiger partial charge in [-0.25, -0.2) is 0 Å². The molecule has 0 unspecified atom stereocenters. The normalized spacial score (nSPS) is 12.7. The molecule has 0 bridgehead atoms. The minimum atomic E-state index is -4.48. The van der Waals surface area contributed by atoms with Gasteiger partial charge in [0.2, 0.25) is 0 Å². The van der Waals surface area contributed by atoms with Crippen LogP contribution in [0, 0.1) is 0 Å². The van der Waals surface area contributed by atoms with Gasteiger partial charge in [0.05, 0.1) is 11.3 Å². The zero-order valence-electron chi connectivity index (χ0n) is 9.71. The van der Waals surface area contributed by atoms with E-state index in [-0.39, 0.29) is 22.2 Å². The first-order valence-corrected chi connectivity index (χ1v) is 6.66. The van der Waals surface area contributed by atoms with Gasteiger partial charge in [-0.2, -0.15) is 13.2 Å². The van der Waals surface area contributed by atoms with E-state index in [2.05, 4.69) is 5.16 Å². The van der Waals surface area contributed by atoms with E-state index < -0.39 is 11.7 Å². The third kappa shape index (κ3) is 4.10. The minimum absolute atomic E-state index is 0.0314. The first-order chi connectivity index (χ1) is 8.36. The van der Waals surface area contributed by atoms with Crippen molar-refractivity contribution in [2.75, 3.05) is 12.2 Å². The van der Waals surface area contributed by atoms with Gasteiger partial charge in [-0.15, -0.1) is 11.8 Å². The van der Waals surface area contributed by atoms with Crippen LogP contribution in [0.3, 0.4) is 0 Å². The second kappa shape index (κ2) is 6.33. The van der Waals surface area contributed by atoms with Gasteiger partial charge in [-0.3, -0.25) is 0 Å². The van der Waals surface area contributed by atoms with E-state index in [1.807, 2.05) is 0 Å². The lowest BCUT2D eigenvalue weighted by atomic mass is 10.0. The van der Waals surface area contributed by atoms with Crippen molar-refractivity contribution < 1.29 is 18.0 Å². The smallest absolute Gasteiger partial charge is 0.385 e. The maximum atomic E-state index is 12.8. The fourth-order valence-electron chi connectivity index (χ4n) is 1.29. The number of thioether (sulfide) groups is 1. The lowest BCUT2D eigenvalue weighted by Gasteiger charge is -2.12. The summed E-state index contributed by atoms with van der Waals surface area (Å²) in [5.74, 6) is 0.284. The average molecular weight is 298 g/mol. The summed E-state index contributed by atoms with van der Waals surface area (Å²) < 4.78 is 38.5. The maximum absolute atomic E-state index is 12.8. The predicted octanol–water partition coefficient (Wildman–Crippen LogP) is 4.42. The van der Waals surface area contributed by atoms with E-state index in [1.54, 1.807) is 6.26 Å². The van der Waals surface area contributed by atoms with Crippen LogP contribution in [-0.2, 0) is 11.0 Å². The van der Waals surface area contributed by atoms with Gasteiger partial charge in [0.1, 0.15) is 0 Å². The second-order valence-electron chi connectivity index (χ2n) is 3.40. The molecule has 18 heavy (non-hydrogen) atoms. The standard InChI is InChI=1S/C11H11ClF3NOS/c1-7(16-17-6-18-2)9-4-3-8(12)5-10(9)11(13,14)15/h3-5H,6H2,1-2H3. The molecule has 0 aromatic heterocycles. The summed E-state index contributed by atoms with van der Waals surface area (Å²) in [6.07, 6.45) is -2.68. The number of hydrogen-bond donors (Lipinski definition) is 0. The van der Waals surface area contributed by atoms with Gasteiger partial charge < -0.3 is 4.84 Å². The molecule has 0 saturated carbocycles. The van der Waals surface area contributed by atoms with Crippen molar-refractivity contribution in [3.05, 3.63) is 34.3 Å². The third-order valence-corrected chi connectivity index (χ3v) is 2.63. The highest BCUT2D eigenvalue weighted by Gasteiger charge is 2.34. The van der Waals surface area contributed by atoms with Crippen molar-refractivity contribution in [1.29, 1.82) is 0 Å². The van der Waals surface area contributed by atoms with Crippen molar-refractivity contribution in [2.45, 2.75) is 13.1 Å². The Morgan fingerprint density at radius 1 is 1.44 bits per heavy atom. The summed E-state index contributed by atoms with van der Waals surface area (Å²) in [6.45, 7) is 1.46. The van der Waals surface area contributed by atoms with Crippen LogP contribution in [0.2, 0.25) is 5.02 Å². The van der Waals surface area contributed by atoms with E-state index in [4.69, 9.17) is 16.4 Å². The highest BCUT2D eigenvalue weighted by Crippen LogP contribution is 2.34. The van der Waals surface area contributed by atoms with Crippen LogP contribution >= 0.6 is 23.4 Å². The zero-order chi connectivity index (χ0) is 13.8. The van der Waals surface area contributed by atoms with Gasteiger partial charge in [0.25, 0.3) is 0 Å². The Morgan fingerprint density at radius 3 is 2.67 bits per heavy atom. The lowest BCUT2D eigenvalue weighted by Crippen LogP contribution is -2.12. The molecule has 2 nitrogen and oxygen atoms in total. The third-order valence-electron chi connectivity index (χ3n) is 2.05. The molecule has 0 heterocycles. The summed E-state index contributed by atoms with van der Waals surface area (Å²) in [6, 6.07) is 3.55. The van der Waals surface area contributed by atoms with Crippen LogP contribution in [0.1, 0.15) is 18.1 Å². The van der Waals surface area contributed by atoms with Crippen molar-refractivity contribution in [2.24, 2.45) is 5.16 Å². The van der Waals surface area contributed by atoms with Crippen molar-refractivity contribution >= 4 is 29.1 Å². The number of benzene rings is 1. The Hall–Kier alpha value is -0.880. The van der Waals surface area contributed by atoms with E-state index >= 15 is 0 Å². The molecule has 0 saturated heterocycles. The Morgan fingerprint density at radius 2 is 2.11 bits per heavy atom. The van der Waals surface area contributed by atoms with Crippen LogP contribution in [0.25, 0.3) is 0 Å². The summed E-state index contributed by atoms with van der Waals surface area (Å²) in [5.41, 5.74) is -0.690. The Labute approximate surface area is 112 Å². The Kier molecular flexibility index (Phi) is 5.34. The first kappa shape index (κ1) is 15.2. The van der Waals surface area contributed by atoms with Crippen molar-refractivity contribution in [3.8, 4) is 0 Å². The number of rotatable bonds is 4. The molecule has 0 aliphatic rings. The predicted molar refractivity (Wildman–Crippen MR) is 68.1 cm³/mol. The highest BCUT2D eigenvalue weighted by atomic mass is 35.5. The van der Waals surface area contributed by atoms with Crippen molar-refractivity contribution in [1.82, 2.24) is 0 Å². The van der Waals surface area contributed by atoms with Crippen LogP contribution in [0.15, 0.2) is 23.4 Å². The maximum Gasteiger partial charge on any atom is 0.417 e. The average Bonchev–Trinajstić information content (AvgIpc) is 2.28. The topological polar surface area (TPSA) is 21.6 Å². The number of alkyl halides is 3. The van der Waals surface area contributed by atoms with Crippen LogP contribution in [0.4, 0.5) is 13.2 Å². The molecule has 100 valence electrons. The molecule has 0 N–H and O–H groups in total. The zero-order valence-corrected chi connectivity index (χ0v) is 11.3. The fraction of sp³-hybridized carbons (Fsp3) is 0.364. The molecule has 0 aliphatic heterocycles. The SMILES string of the molecule is CSCON=C(C)c1ccc(Cl)cc1C(F)(F)F. The van der Waals surface area contributed by atoms with E-state index in [9.17, 15) is 13.2 Å². The largest absolute Gasteiger partial charge is 0.417 e. The summed E-state index contributed by atoms with van der Waals surface area (Å²) in [5, 5.41) is 3.67. The van der Waals surface area contributed by atoms with Crippen LogP contribution in [-0.4, -0.2) is 17.9 Å². The number of halogens is 4. The summed E-state index contributed by atoms with van der Waals surface area (Å²) in [7, 11) is 0. The Bertz CT molecular complexity index is 448. The molecule has 7 heteroatoms. The van der Waals surface area contributed by atoms with E-state index in [1.165, 1.54) is 30.8 Å². The molecule has 1 rings (SSSR count). The van der Waals surface area contributed by atoms with E-state index in [0.717, 1.165) is 6.07 Å². The number of oxime groups is 1. The van der Waals surface area contributed by atoms with Gasteiger partial charge in [-0.05, 0) is 25.3 Å². The van der Waals surface area contributed by atoms with Gasteiger partial charge >= 0.3 is 6.18 Å².